The van der Waals surface area contributed by atoms with E-state index in [1.165, 1.54) is 31.4 Å². The first-order valence-corrected chi connectivity index (χ1v) is 8.73. The minimum Gasteiger partial charge on any atom is -0.311 e. The number of nitrogens with one attached hydrogen (secondary N) is 1. The van der Waals surface area contributed by atoms with Gasteiger partial charge in [-0.1, -0.05) is 13.8 Å². The van der Waals surface area contributed by atoms with Gasteiger partial charge in [-0.15, -0.1) is 0 Å². The molecular weight excluding hydrogens is 260 g/mol. The highest BCUT2D eigenvalue weighted by Gasteiger charge is 2.35. The summed E-state index contributed by atoms with van der Waals surface area (Å²) in [5.74, 6) is 0. The van der Waals surface area contributed by atoms with Crippen LogP contribution in [-0.2, 0) is 6.54 Å². The Bertz CT molecular complexity index is 443. The molecule has 2 fully saturated rings. The molecule has 0 amide bonds. The van der Waals surface area contributed by atoms with Gasteiger partial charge in [0.2, 0.25) is 0 Å². The van der Waals surface area contributed by atoms with Gasteiger partial charge in [0, 0.05) is 36.9 Å². The van der Waals surface area contributed by atoms with Crippen LogP contribution in [0.2, 0.25) is 0 Å². The lowest BCUT2D eigenvalue weighted by Crippen LogP contribution is -2.48. The Morgan fingerprint density at radius 2 is 2.05 bits per heavy atom. The van der Waals surface area contributed by atoms with E-state index in [0.717, 1.165) is 37.6 Å². The van der Waals surface area contributed by atoms with Crippen LogP contribution in [0.4, 0.5) is 0 Å². The van der Waals surface area contributed by atoms with Crippen LogP contribution in [0.3, 0.4) is 0 Å². The topological polar surface area (TPSA) is 33.1 Å². The molecule has 3 rings (SSSR count). The van der Waals surface area contributed by atoms with Gasteiger partial charge in [0.15, 0.2) is 0 Å². The summed E-state index contributed by atoms with van der Waals surface area (Å²) in [6.07, 6.45) is 8.66. The SMILES string of the molecule is CCC(C)n1ccc(CN(CC)C2CC3CCC(C2)N3)n1. The Hall–Kier alpha value is -0.870. The third-order valence-corrected chi connectivity index (χ3v) is 5.44. The van der Waals surface area contributed by atoms with Crippen molar-refractivity contribution in [3.05, 3.63) is 18.0 Å². The fourth-order valence-electron chi connectivity index (χ4n) is 3.93. The first kappa shape index (κ1) is 15.0. The van der Waals surface area contributed by atoms with Crippen molar-refractivity contribution in [1.29, 1.82) is 0 Å². The molecule has 21 heavy (non-hydrogen) atoms. The van der Waals surface area contributed by atoms with Crippen LogP contribution < -0.4 is 5.32 Å². The summed E-state index contributed by atoms with van der Waals surface area (Å²) in [4.78, 5) is 2.63. The second-order valence-electron chi connectivity index (χ2n) is 6.87. The van der Waals surface area contributed by atoms with Crippen LogP contribution in [0.25, 0.3) is 0 Å². The molecule has 3 heterocycles. The Kier molecular flexibility index (Phi) is 4.65. The number of hydrogen-bond acceptors (Lipinski definition) is 3. The highest BCUT2D eigenvalue weighted by atomic mass is 15.3. The van der Waals surface area contributed by atoms with Gasteiger partial charge < -0.3 is 5.32 Å². The molecule has 0 radical (unpaired) electrons. The monoisotopic (exact) mass is 290 g/mol. The molecule has 2 saturated heterocycles. The molecule has 2 bridgehead atoms. The van der Waals surface area contributed by atoms with E-state index < -0.39 is 0 Å². The van der Waals surface area contributed by atoms with E-state index in [2.05, 4.69) is 47.9 Å². The average Bonchev–Trinajstić information content (AvgIpc) is 3.10. The molecule has 3 unspecified atom stereocenters. The molecule has 4 heteroatoms. The van der Waals surface area contributed by atoms with E-state index in [1.54, 1.807) is 0 Å². The summed E-state index contributed by atoms with van der Waals surface area (Å²) in [6, 6.07) is 4.97. The van der Waals surface area contributed by atoms with Crippen LogP contribution >= 0.6 is 0 Å². The van der Waals surface area contributed by atoms with Crippen LogP contribution in [0.1, 0.15) is 64.6 Å². The van der Waals surface area contributed by atoms with E-state index >= 15 is 0 Å². The Morgan fingerprint density at radius 3 is 2.67 bits per heavy atom. The zero-order chi connectivity index (χ0) is 14.8. The van der Waals surface area contributed by atoms with Crippen molar-refractivity contribution < 1.29 is 0 Å². The maximum Gasteiger partial charge on any atom is 0.0764 e. The largest absolute Gasteiger partial charge is 0.311 e. The fourth-order valence-corrected chi connectivity index (χ4v) is 3.93. The van der Waals surface area contributed by atoms with E-state index in [0.29, 0.717) is 6.04 Å². The molecule has 1 N–H and O–H groups in total. The lowest BCUT2D eigenvalue weighted by Gasteiger charge is -2.37. The molecule has 2 aliphatic rings. The molecule has 4 nitrogen and oxygen atoms in total. The Labute approximate surface area is 128 Å². The fraction of sp³-hybridized carbons (Fsp3) is 0.824. The summed E-state index contributed by atoms with van der Waals surface area (Å²) in [5, 5.41) is 8.52. The van der Waals surface area contributed by atoms with E-state index in [1.807, 2.05) is 0 Å². The molecule has 118 valence electrons. The van der Waals surface area contributed by atoms with Crippen molar-refractivity contribution in [1.82, 2.24) is 20.0 Å². The molecule has 0 aromatic carbocycles. The van der Waals surface area contributed by atoms with Gasteiger partial charge in [0.05, 0.1) is 5.69 Å². The number of aromatic nitrogens is 2. The van der Waals surface area contributed by atoms with Gasteiger partial charge in [-0.3, -0.25) is 9.58 Å². The van der Waals surface area contributed by atoms with Crippen LogP contribution in [0.15, 0.2) is 12.3 Å². The van der Waals surface area contributed by atoms with Gasteiger partial charge in [-0.2, -0.15) is 5.10 Å². The first-order chi connectivity index (χ1) is 10.2. The minimum absolute atomic E-state index is 0.503. The molecule has 0 saturated carbocycles. The summed E-state index contributed by atoms with van der Waals surface area (Å²) in [5.41, 5.74) is 1.23. The number of piperidine rings is 1. The van der Waals surface area contributed by atoms with Gasteiger partial charge >= 0.3 is 0 Å². The standard InChI is InChI=1S/C17H30N4/c1-4-13(3)21-9-8-16(19-21)12-20(5-2)17-10-14-6-7-15(11-17)18-14/h8-9,13-15,17-18H,4-7,10-12H2,1-3H3. The number of nitrogens with zero attached hydrogens (tertiary/aromatic N) is 3. The van der Waals surface area contributed by atoms with Crippen molar-refractivity contribution >= 4 is 0 Å². The predicted molar refractivity (Wildman–Crippen MR) is 86.3 cm³/mol. The smallest absolute Gasteiger partial charge is 0.0764 e. The highest BCUT2D eigenvalue weighted by Crippen LogP contribution is 2.30. The summed E-state index contributed by atoms with van der Waals surface area (Å²) < 4.78 is 2.12. The van der Waals surface area contributed by atoms with Crippen molar-refractivity contribution in [2.75, 3.05) is 6.54 Å². The maximum atomic E-state index is 4.78. The normalized spacial score (nSPS) is 30.0. The van der Waals surface area contributed by atoms with Crippen LogP contribution in [0, 0.1) is 0 Å². The molecule has 0 spiro atoms. The molecular formula is C17H30N4. The Balaban J connectivity index is 1.63. The highest BCUT2D eigenvalue weighted by molar-refractivity contribution is 5.02. The maximum absolute atomic E-state index is 4.78. The molecule has 3 atom stereocenters. The zero-order valence-electron chi connectivity index (χ0n) is 13.8. The van der Waals surface area contributed by atoms with Crippen molar-refractivity contribution in [3.63, 3.8) is 0 Å². The van der Waals surface area contributed by atoms with Crippen molar-refractivity contribution in [2.24, 2.45) is 0 Å². The molecule has 1 aromatic rings. The lowest BCUT2D eigenvalue weighted by molar-refractivity contribution is 0.139. The van der Waals surface area contributed by atoms with Gasteiger partial charge in [-0.05, 0) is 51.6 Å². The van der Waals surface area contributed by atoms with Gasteiger partial charge in [0.1, 0.15) is 0 Å². The zero-order valence-corrected chi connectivity index (χ0v) is 13.8. The van der Waals surface area contributed by atoms with E-state index in [9.17, 15) is 0 Å². The number of fused-ring (bicyclic) bond motifs is 2. The summed E-state index contributed by atoms with van der Waals surface area (Å²) >= 11 is 0. The van der Waals surface area contributed by atoms with Crippen LogP contribution in [0.5, 0.6) is 0 Å². The average molecular weight is 290 g/mol. The van der Waals surface area contributed by atoms with E-state index in [-0.39, 0.29) is 0 Å². The third-order valence-electron chi connectivity index (χ3n) is 5.44. The third kappa shape index (κ3) is 3.32. The molecule has 1 aromatic heterocycles. The van der Waals surface area contributed by atoms with Gasteiger partial charge in [-0.25, -0.2) is 0 Å². The minimum atomic E-state index is 0.503. The van der Waals surface area contributed by atoms with Crippen LogP contribution in [-0.4, -0.2) is 39.4 Å². The quantitative estimate of drug-likeness (QED) is 0.874. The Morgan fingerprint density at radius 1 is 1.33 bits per heavy atom. The second-order valence-corrected chi connectivity index (χ2v) is 6.87. The van der Waals surface area contributed by atoms with Crippen molar-refractivity contribution in [3.8, 4) is 0 Å². The predicted octanol–water partition coefficient (Wildman–Crippen LogP) is 2.96. The first-order valence-electron chi connectivity index (χ1n) is 8.73. The van der Waals surface area contributed by atoms with Gasteiger partial charge in [0.25, 0.3) is 0 Å². The summed E-state index contributed by atoms with van der Waals surface area (Å²) in [6.45, 7) is 8.87. The van der Waals surface area contributed by atoms with E-state index in [4.69, 9.17) is 5.10 Å². The van der Waals surface area contributed by atoms with Crippen molar-refractivity contribution in [2.45, 2.75) is 83.6 Å². The summed E-state index contributed by atoms with van der Waals surface area (Å²) in [7, 11) is 0. The molecule has 0 aliphatic carbocycles. The lowest BCUT2D eigenvalue weighted by atomic mass is 9.98. The second kappa shape index (κ2) is 6.49. The number of rotatable bonds is 6. The molecule has 2 aliphatic heterocycles. The number of hydrogen-bond donors (Lipinski definition) is 1.